The first-order chi connectivity index (χ1) is 9.50. The summed E-state index contributed by atoms with van der Waals surface area (Å²) < 4.78 is 37.6. The summed E-state index contributed by atoms with van der Waals surface area (Å²) in [5.74, 6) is 0.0791. The molecule has 6 heteroatoms. The molecule has 112 valence electrons. The molecule has 0 aliphatic carbocycles. The molecule has 0 aromatic heterocycles. The van der Waals surface area contributed by atoms with Crippen molar-refractivity contribution in [1.82, 2.24) is 10.2 Å². The van der Waals surface area contributed by atoms with Crippen molar-refractivity contribution in [2.45, 2.75) is 12.1 Å². The van der Waals surface area contributed by atoms with Crippen LogP contribution in [0, 0.1) is 0 Å². The molecule has 3 N–H and O–H groups in total. The van der Waals surface area contributed by atoms with Gasteiger partial charge in [-0.2, -0.15) is 13.2 Å². The summed E-state index contributed by atoms with van der Waals surface area (Å²) in [6.45, 7) is 5.04. The van der Waals surface area contributed by atoms with Gasteiger partial charge in [0, 0.05) is 45.2 Å². The Morgan fingerprint density at radius 2 is 1.75 bits per heavy atom. The van der Waals surface area contributed by atoms with E-state index in [0.717, 1.165) is 50.4 Å². The monoisotopic (exact) mass is 287 g/mol. The molecule has 1 unspecified atom stereocenters. The molecule has 0 radical (unpaired) electrons. The Balaban J connectivity index is 2.03. The smallest absolute Gasteiger partial charge is 0.330 e. The van der Waals surface area contributed by atoms with Crippen LogP contribution in [0.4, 0.5) is 13.2 Å². The lowest BCUT2D eigenvalue weighted by Crippen LogP contribution is -2.45. The number of nitrogens with zero attached hydrogens (tertiary/aromatic N) is 1. The van der Waals surface area contributed by atoms with Crippen molar-refractivity contribution in [2.24, 2.45) is 5.73 Å². The van der Waals surface area contributed by atoms with Crippen LogP contribution in [-0.4, -0.2) is 44.2 Å². The van der Waals surface area contributed by atoms with Crippen molar-refractivity contribution in [1.29, 1.82) is 0 Å². The molecule has 0 amide bonds. The number of rotatable bonds is 4. The van der Waals surface area contributed by atoms with Crippen molar-refractivity contribution in [3.63, 3.8) is 0 Å². The zero-order valence-electron chi connectivity index (χ0n) is 11.3. The second kappa shape index (κ2) is 6.56. The van der Waals surface area contributed by atoms with Crippen molar-refractivity contribution in [3.05, 3.63) is 35.4 Å². The average Bonchev–Trinajstić information content (AvgIpc) is 2.45. The van der Waals surface area contributed by atoms with E-state index in [1.807, 2.05) is 0 Å². The Labute approximate surface area is 116 Å². The molecule has 1 aliphatic heterocycles. The molecule has 3 nitrogen and oxygen atoms in total. The first-order valence-electron chi connectivity index (χ1n) is 6.81. The molecule has 1 heterocycles. The number of piperazine rings is 1. The van der Waals surface area contributed by atoms with Gasteiger partial charge in [0.05, 0.1) is 5.56 Å². The third-order valence-electron chi connectivity index (χ3n) is 3.68. The number of hydrogen-bond donors (Lipinski definition) is 2. The van der Waals surface area contributed by atoms with Gasteiger partial charge >= 0.3 is 6.18 Å². The Bertz CT molecular complexity index is 411. The molecule has 0 bridgehead atoms. The zero-order valence-corrected chi connectivity index (χ0v) is 11.3. The number of hydrogen-bond acceptors (Lipinski definition) is 3. The van der Waals surface area contributed by atoms with Crippen LogP contribution in [-0.2, 0) is 6.18 Å². The van der Waals surface area contributed by atoms with Crippen LogP contribution in [0.1, 0.15) is 17.0 Å². The number of alkyl halides is 3. The van der Waals surface area contributed by atoms with Crippen molar-refractivity contribution in [3.8, 4) is 0 Å². The molecule has 1 aromatic carbocycles. The first kappa shape index (κ1) is 15.3. The van der Waals surface area contributed by atoms with Gasteiger partial charge in [-0.15, -0.1) is 0 Å². The van der Waals surface area contributed by atoms with E-state index in [1.54, 1.807) is 12.1 Å². The summed E-state index contributed by atoms with van der Waals surface area (Å²) in [7, 11) is 0. The molecule has 0 saturated carbocycles. The van der Waals surface area contributed by atoms with Gasteiger partial charge in [-0.05, 0) is 17.7 Å². The van der Waals surface area contributed by atoms with E-state index in [0.29, 0.717) is 6.54 Å². The van der Waals surface area contributed by atoms with Crippen LogP contribution >= 0.6 is 0 Å². The van der Waals surface area contributed by atoms with Gasteiger partial charge in [0.25, 0.3) is 0 Å². The molecule has 1 aliphatic rings. The quantitative estimate of drug-likeness (QED) is 0.885. The van der Waals surface area contributed by atoms with Gasteiger partial charge in [0.2, 0.25) is 0 Å². The summed E-state index contributed by atoms with van der Waals surface area (Å²) in [6.07, 6.45) is -4.28. The highest BCUT2D eigenvalue weighted by Gasteiger charge is 2.30. The van der Waals surface area contributed by atoms with Gasteiger partial charge in [-0.25, -0.2) is 0 Å². The highest BCUT2D eigenvalue weighted by atomic mass is 19.4. The minimum atomic E-state index is -4.28. The van der Waals surface area contributed by atoms with E-state index >= 15 is 0 Å². The maximum absolute atomic E-state index is 12.5. The van der Waals surface area contributed by atoms with Crippen LogP contribution in [0.15, 0.2) is 24.3 Å². The fourth-order valence-corrected chi connectivity index (χ4v) is 2.47. The number of benzene rings is 1. The Hall–Kier alpha value is -1.11. The third kappa shape index (κ3) is 3.94. The normalized spacial score (nSPS) is 19.0. The topological polar surface area (TPSA) is 41.3 Å². The standard InChI is InChI=1S/C14H20F3N3/c15-14(16,17)13-3-1-11(2-4-13)12(9-18)10-20-7-5-19-6-8-20/h1-4,12,19H,5-10,18H2. The van der Waals surface area contributed by atoms with Crippen molar-refractivity contribution in [2.75, 3.05) is 39.3 Å². The Kier molecular flexibility index (Phi) is 5.01. The molecule has 2 rings (SSSR count). The predicted octanol–water partition coefficient (Wildman–Crippen LogP) is 1.65. The second-order valence-electron chi connectivity index (χ2n) is 5.10. The summed E-state index contributed by atoms with van der Waals surface area (Å²) in [5.41, 5.74) is 6.04. The van der Waals surface area contributed by atoms with Crippen LogP contribution in [0.3, 0.4) is 0 Å². The third-order valence-corrected chi connectivity index (χ3v) is 3.68. The number of halogens is 3. The van der Waals surface area contributed by atoms with Crippen LogP contribution in [0.2, 0.25) is 0 Å². The van der Waals surface area contributed by atoms with E-state index in [4.69, 9.17) is 5.73 Å². The molecule has 1 fully saturated rings. The summed E-state index contributed by atoms with van der Waals surface area (Å²) in [6, 6.07) is 5.36. The van der Waals surface area contributed by atoms with Gasteiger partial charge in [0.1, 0.15) is 0 Å². The minimum absolute atomic E-state index is 0.0791. The molecular formula is C14H20F3N3. The van der Waals surface area contributed by atoms with Crippen molar-refractivity contribution >= 4 is 0 Å². The molecule has 1 atom stereocenters. The number of nitrogens with one attached hydrogen (secondary N) is 1. The molecule has 1 saturated heterocycles. The van der Waals surface area contributed by atoms with E-state index in [2.05, 4.69) is 10.2 Å². The number of nitrogens with two attached hydrogens (primary N) is 1. The summed E-state index contributed by atoms with van der Waals surface area (Å²) in [4.78, 5) is 2.30. The van der Waals surface area contributed by atoms with Crippen LogP contribution in [0.5, 0.6) is 0 Å². The minimum Gasteiger partial charge on any atom is -0.330 e. The first-order valence-corrected chi connectivity index (χ1v) is 6.81. The predicted molar refractivity (Wildman–Crippen MR) is 72.5 cm³/mol. The highest BCUT2D eigenvalue weighted by Crippen LogP contribution is 2.30. The van der Waals surface area contributed by atoms with Gasteiger partial charge in [0.15, 0.2) is 0 Å². The van der Waals surface area contributed by atoms with Crippen molar-refractivity contribution < 1.29 is 13.2 Å². The summed E-state index contributed by atoms with van der Waals surface area (Å²) >= 11 is 0. The van der Waals surface area contributed by atoms with Crippen LogP contribution in [0.25, 0.3) is 0 Å². The molecular weight excluding hydrogens is 267 g/mol. The van der Waals surface area contributed by atoms with Gasteiger partial charge < -0.3 is 16.0 Å². The highest BCUT2D eigenvalue weighted by molar-refractivity contribution is 5.27. The van der Waals surface area contributed by atoms with Gasteiger partial charge in [-0.1, -0.05) is 12.1 Å². The van der Waals surface area contributed by atoms with Gasteiger partial charge in [-0.3, -0.25) is 0 Å². The lowest BCUT2D eigenvalue weighted by molar-refractivity contribution is -0.137. The zero-order chi connectivity index (χ0) is 14.6. The lowest BCUT2D eigenvalue weighted by atomic mass is 9.97. The maximum atomic E-state index is 12.5. The fraction of sp³-hybridized carbons (Fsp3) is 0.571. The largest absolute Gasteiger partial charge is 0.416 e. The second-order valence-corrected chi connectivity index (χ2v) is 5.10. The van der Waals surface area contributed by atoms with Crippen LogP contribution < -0.4 is 11.1 Å². The lowest BCUT2D eigenvalue weighted by Gasteiger charge is -2.30. The van der Waals surface area contributed by atoms with E-state index < -0.39 is 11.7 Å². The maximum Gasteiger partial charge on any atom is 0.416 e. The SMILES string of the molecule is NCC(CN1CCNCC1)c1ccc(C(F)(F)F)cc1. The van der Waals surface area contributed by atoms with E-state index in [9.17, 15) is 13.2 Å². The summed E-state index contributed by atoms with van der Waals surface area (Å²) in [5, 5.41) is 3.27. The molecule has 20 heavy (non-hydrogen) atoms. The average molecular weight is 287 g/mol. The fourth-order valence-electron chi connectivity index (χ4n) is 2.47. The molecule has 1 aromatic rings. The van der Waals surface area contributed by atoms with E-state index in [1.165, 1.54) is 0 Å². The molecule has 0 spiro atoms. The Morgan fingerprint density at radius 3 is 2.25 bits per heavy atom. The van der Waals surface area contributed by atoms with E-state index in [-0.39, 0.29) is 5.92 Å². The Morgan fingerprint density at radius 1 is 1.15 bits per heavy atom.